The molecule has 3 rings (SSSR count). The van der Waals surface area contributed by atoms with Gasteiger partial charge in [-0.25, -0.2) is 9.79 Å². The Hall–Kier alpha value is -2.60. The highest BCUT2D eigenvalue weighted by molar-refractivity contribution is 7.10. The maximum absolute atomic E-state index is 11.9. The number of thiophene rings is 1. The third kappa shape index (κ3) is 2.73. The number of methoxy groups -OCH3 is 2. The number of rotatable bonds is 4. The Labute approximate surface area is 131 Å². The molecule has 0 unspecified atom stereocenters. The van der Waals surface area contributed by atoms with Crippen LogP contribution in [0.2, 0.25) is 0 Å². The molecule has 0 bridgehead atoms. The minimum absolute atomic E-state index is 0.258. The number of cyclic esters (lactones) is 1. The summed E-state index contributed by atoms with van der Waals surface area (Å²) in [7, 11) is 3.11. The van der Waals surface area contributed by atoms with Gasteiger partial charge in [0.15, 0.2) is 17.2 Å². The summed E-state index contributed by atoms with van der Waals surface area (Å²) >= 11 is 1.53. The van der Waals surface area contributed by atoms with Crippen LogP contribution >= 0.6 is 11.3 Å². The Kier molecular flexibility index (Phi) is 3.93. The average molecular weight is 315 g/mol. The molecule has 1 aliphatic rings. The molecule has 0 saturated carbocycles. The first-order chi connectivity index (χ1) is 10.7. The molecule has 1 aromatic heterocycles. The Morgan fingerprint density at radius 3 is 2.68 bits per heavy atom. The number of carbonyl (C=O) groups excluding carboxylic acids is 1. The predicted molar refractivity (Wildman–Crippen MR) is 84.5 cm³/mol. The van der Waals surface area contributed by atoms with Crippen molar-refractivity contribution in [2.45, 2.75) is 0 Å². The van der Waals surface area contributed by atoms with Crippen LogP contribution in [0.1, 0.15) is 10.4 Å². The van der Waals surface area contributed by atoms with E-state index in [2.05, 4.69) is 4.99 Å². The minimum atomic E-state index is -0.460. The van der Waals surface area contributed by atoms with Gasteiger partial charge in [0.05, 0.1) is 14.2 Å². The summed E-state index contributed by atoms with van der Waals surface area (Å²) in [6, 6.07) is 9.05. The molecule has 0 fully saturated rings. The maximum Gasteiger partial charge on any atom is 0.363 e. The normalized spacial score (nSPS) is 15.6. The predicted octanol–water partition coefficient (Wildman–Crippen LogP) is 3.11. The lowest BCUT2D eigenvalue weighted by molar-refractivity contribution is -0.129. The van der Waals surface area contributed by atoms with Gasteiger partial charge in [-0.05, 0) is 35.7 Å². The average Bonchev–Trinajstić information content (AvgIpc) is 3.17. The molecule has 1 aromatic carbocycles. The van der Waals surface area contributed by atoms with Crippen molar-refractivity contribution in [1.82, 2.24) is 0 Å². The quantitative estimate of drug-likeness (QED) is 0.642. The van der Waals surface area contributed by atoms with Crippen LogP contribution in [0.3, 0.4) is 0 Å². The van der Waals surface area contributed by atoms with Crippen LogP contribution in [0, 0.1) is 0 Å². The van der Waals surface area contributed by atoms with E-state index in [1.54, 1.807) is 38.5 Å². The number of esters is 1. The molecule has 0 N–H and O–H groups in total. The van der Waals surface area contributed by atoms with Gasteiger partial charge < -0.3 is 14.2 Å². The third-order valence-corrected chi connectivity index (χ3v) is 3.89. The number of aliphatic imine (C=N–C) groups is 1. The second-order valence-corrected chi connectivity index (χ2v) is 5.40. The van der Waals surface area contributed by atoms with E-state index >= 15 is 0 Å². The van der Waals surface area contributed by atoms with Crippen molar-refractivity contribution in [3.63, 3.8) is 0 Å². The Morgan fingerprint density at radius 2 is 2.00 bits per heavy atom. The maximum atomic E-state index is 11.9. The van der Waals surface area contributed by atoms with Crippen LogP contribution in [0.15, 0.2) is 46.4 Å². The first-order valence-electron chi connectivity index (χ1n) is 6.49. The van der Waals surface area contributed by atoms with Crippen molar-refractivity contribution in [3.8, 4) is 11.5 Å². The largest absolute Gasteiger partial charge is 0.493 e. The highest BCUT2D eigenvalue weighted by Gasteiger charge is 2.25. The molecule has 0 atom stereocenters. The zero-order chi connectivity index (χ0) is 15.5. The first kappa shape index (κ1) is 14.3. The Morgan fingerprint density at radius 1 is 1.18 bits per heavy atom. The lowest BCUT2D eigenvalue weighted by Crippen LogP contribution is -2.05. The molecule has 0 saturated heterocycles. The molecular formula is C16H13NO4S. The second-order valence-electron chi connectivity index (χ2n) is 4.42. The summed E-state index contributed by atoms with van der Waals surface area (Å²) in [5.74, 6) is 0.951. The first-order valence-corrected chi connectivity index (χ1v) is 7.37. The lowest BCUT2D eigenvalue weighted by Gasteiger charge is -2.08. The molecule has 22 heavy (non-hydrogen) atoms. The summed E-state index contributed by atoms with van der Waals surface area (Å²) in [6.45, 7) is 0. The van der Waals surface area contributed by atoms with Crippen LogP contribution < -0.4 is 9.47 Å². The fourth-order valence-electron chi connectivity index (χ4n) is 2.01. The summed E-state index contributed by atoms with van der Waals surface area (Å²) in [5.41, 5.74) is 0.938. The molecule has 0 aliphatic carbocycles. The van der Waals surface area contributed by atoms with E-state index in [1.165, 1.54) is 11.3 Å². The molecule has 0 spiro atoms. The van der Waals surface area contributed by atoms with Gasteiger partial charge in [0.1, 0.15) is 0 Å². The molecule has 2 heterocycles. The fraction of sp³-hybridized carbons (Fsp3) is 0.125. The van der Waals surface area contributed by atoms with Crippen LogP contribution in [0.5, 0.6) is 11.5 Å². The van der Waals surface area contributed by atoms with Crippen LogP contribution in [0.4, 0.5) is 0 Å². The van der Waals surface area contributed by atoms with Gasteiger partial charge in [0, 0.05) is 10.4 Å². The minimum Gasteiger partial charge on any atom is -0.493 e. The number of ether oxygens (including phenoxy) is 3. The van der Waals surface area contributed by atoms with Gasteiger partial charge in [-0.1, -0.05) is 6.07 Å². The van der Waals surface area contributed by atoms with E-state index in [1.807, 2.05) is 17.5 Å². The van der Waals surface area contributed by atoms with Gasteiger partial charge in [-0.15, -0.1) is 11.3 Å². The number of hydrogen-bond donors (Lipinski definition) is 0. The van der Waals surface area contributed by atoms with E-state index in [0.29, 0.717) is 17.1 Å². The molecule has 1 aliphatic heterocycles. The standard InChI is InChI=1S/C16H13NO4S/c1-19-13-6-5-10(8-14(13)20-2)15-17-12(16(18)21-15)9-11-4-3-7-22-11/h3-9H,1-2H3. The van der Waals surface area contributed by atoms with Gasteiger partial charge in [-0.2, -0.15) is 0 Å². The molecule has 2 aromatic rings. The van der Waals surface area contributed by atoms with Crippen molar-refractivity contribution in [2.75, 3.05) is 14.2 Å². The van der Waals surface area contributed by atoms with E-state index in [-0.39, 0.29) is 11.6 Å². The molecule has 5 nitrogen and oxygen atoms in total. The highest BCUT2D eigenvalue weighted by atomic mass is 32.1. The highest BCUT2D eigenvalue weighted by Crippen LogP contribution is 2.29. The SMILES string of the molecule is COc1ccc(C2=NC(=Cc3cccs3)C(=O)O2)cc1OC. The topological polar surface area (TPSA) is 57.1 Å². The molecule has 0 amide bonds. The number of hydrogen-bond acceptors (Lipinski definition) is 6. The Balaban J connectivity index is 1.94. The van der Waals surface area contributed by atoms with Gasteiger partial charge in [0.2, 0.25) is 5.90 Å². The van der Waals surface area contributed by atoms with Crippen LogP contribution in [-0.4, -0.2) is 26.1 Å². The van der Waals surface area contributed by atoms with Gasteiger partial charge in [-0.3, -0.25) is 0 Å². The lowest BCUT2D eigenvalue weighted by atomic mass is 10.2. The summed E-state index contributed by atoms with van der Waals surface area (Å²) in [5, 5.41) is 1.94. The van der Waals surface area contributed by atoms with E-state index in [9.17, 15) is 4.79 Å². The number of benzene rings is 1. The Bertz CT molecular complexity index is 762. The zero-order valence-electron chi connectivity index (χ0n) is 12.0. The second kappa shape index (κ2) is 6.03. The van der Waals surface area contributed by atoms with Gasteiger partial charge in [0.25, 0.3) is 0 Å². The van der Waals surface area contributed by atoms with Crippen molar-refractivity contribution in [1.29, 1.82) is 0 Å². The fourth-order valence-corrected chi connectivity index (χ4v) is 2.66. The van der Waals surface area contributed by atoms with Crippen molar-refractivity contribution >= 4 is 29.3 Å². The molecular weight excluding hydrogens is 302 g/mol. The smallest absolute Gasteiger partial charge is 0.363 e. The monoisotopic (exact) mass is 315 g/mol. The number of carbonyl (C=O) groups is 1. The molecule has 112 valence electrons. The summed E-state index contributed by atoms with van der Waals surface area (Å²) in [4.78, 5) is 17.1. The van der Waals surface area contributed by atoms with E-state index in [4.69, 9.17) is 14.2 Å². The van der Waals surface area contributed by atoms with E-state index in [0.717, 1.165) is 4.88 Å². The van der Waals surface area contributed by atoms with Crippen molar-refractivity contribution in [3.05, 3.63) is 51.8 Å². The molecule has 6 heteroatoms. The van der Waals surface area contributed by atoms with Crippen LogP contribution in [-0.2, 0) is 9.53 Å². The van der Waals surface area contributed by atoms with Crippen molar-refractivity contribution < 1.29 is 19.0 Å². The molecule has 0 radical (unpaired) electrons. The van der Waals surface area contributed by atoms with Crippen LogP contribution in [0.25, 0.3) is 6.08 Å². The van der Waals surface area contributed by atoms with Crippen molar-refractivity contribution in [2.24, 2.45) is 4.99 Å². The summed E-state index contributed by atoms with van der Waals surface area (Å²) < 4.78 is 15.7. The zero-order valence-corrected chi connectivity index (χ0v) is 12.8. The number of nitrogens with zero attached hydrogens (tertiary/aromatic N) is 1. The van der Waals surface area contributed by atoms with E-state index < -0.39 is 5.97 Å². The van der Waals surface area contributed by atoms with Gasteiger partial charge >= 0.3 is 5.97 Å². The summed E-state index contributed by atoms with van der Waals surface area (Å²) in [6.07, 6.45) is 1.71. The third-order valence-electron chi connectivity index (χ3n) is 3.07.